The van der Waals surface area contributed by atoms with Gasteiger partial charge in [0, 0.05) is 13.2 Å². The van der Waals surface area contributed by atoms with Crippen LogP contribution in [0.25, 0.3) is 0 Å². The van der Waals surface area contributed by atoms with E-state index in [9.17, 15) is 9.59 Å². The molecule has 3 rings (SSSR count). The number of nitrogens with one attached hydrogen (secondary N) is 2. The molecule has 23 heavy (non-hydrogen) atoms. The fourth-order valence-corrected chi connectivity index (χ4v) is 2.49. The number of rotatable bonds is 5. The van der Waals surface area contributed by atoms with E-state index in [1.165, 1.54) is 12.5 Å². The summed E-state index contributed by atoms with van der Waals surface area (Å²) in [5, 5.41) is 5.59. The molecule has 120 valence electrons. The Labute approximate surface area is 133 Å². The second-order valence-corrected chi connectivity index (χ2v) is 5.36. The van der Waals surface area contributed by atoms with Crippen molar-refractivity contribution in [3.63, 3.8) is 0 Å². The van der Waals surface area contributed by atoms with E-state index in [-0.39, 0.29) is 17.9 Å². The average Bonchev–Trinajstić information content (AvgIpc) is 3.26. The van der Waals surface area contributed by atoms with E-state index in [0.717, 1.165) is 19.4 Å². The third kappa shape index (κ3) is 3.78. The smallest absolute Gasteiger partial charge is 0.258 e. The molecule has 0 aliphatic carbocycles. The molecule has 0 radical (unpaired) electrons. The molecular weight excluding hydrogens is 296 g/mol. The SMILES string of the molecule is O=C(Nc1ccccc1C(=O)NCC1CCCO1)c1ccoc1. The lowest BCUT2D eigenvalue weighted by molar-refractivity contribution is 0.0858. The monoisotopic (exact) mass is 314 g/mol. The first kappa shape index (κ1) is 15.3. The Bertz CT molecular complexity index is 676. The predicted octanol–water partition coefficient (Wildman–Crippen LogP) is 2.44. The molecule has 6 heteroatoms. The number of benzene rings is 1. The summed E-state index contributed by atoms with van der Waals surface area (Å²) in [7, 11) is 0. The first-order valence-corrected chi connectivity index (χ1v) is 7.56. The lowest BCUT2D eigenvalue weighted by atomic mass is 10.1. The third-order valence-corrected chi connectivity index (χ3v) is 3.72. The highest BCUT2D eigenvalue weighted by Gasteiger charge is 2.18. The van der Waals surface area contributed by atoms with E-state index < -0.39 is 0 Å². The quantitative estimate of drug-likeness (QED) is 0.888. The molecule has 2 N–H and O–H groups in total. The zero-order valence-electron chi connectivity index (χ0n) is 12.6. The van der Waals surface area contributed by atoms with E-state index in [1.807, 2.05) is 0 Å². The Morgan fingerprint density at radius 1 is 1.17 bits per heavy atom. The molecule has 0 spiro atoms. The molecule has 0 saturated carbocycles. The maximum absolute atomic E-state index is 12.4. The summed E-state index contributed by atoms with van der Waals surface area (Å²) in [5.41, 5.74) is 1.28. The van der Waals surface area contributed by atoms with Gasteiger partial charge in [-0.25, -0.2) is 0 Å². The number of carbonyl (C=O) groups is 2. The molecule has 1 unspecified atom stereocenters. The largest absolute Gasteiger partial charge is 0.472 e. The van der Waals surface area contributed by atoms with Crippen LogP contribution in [0, 0.1) is 0 Å². The molecule has 2 aromatic rings. The fraction of sp³-hybridized carbons (Fsp3) is 0.294. The van der Waals surface area contributed by atoms with E-state index in [0.29, 0.717) is 23.4 Å². The summed E-state index contributed by atoms with van der Waals surface area (Å²) < 4.78 is 10.4. The molecule has 2 heterocycles. The number of ether oxygens (including phenoxy) is 1. The summed E-state index contributed by atoms with van der Waals surface area (Å²) in [6.07, 6.45) is 4.84. The molecule has 1 fully saturated rings. The van der Waals surface area contributed by atoms with Crippen molar-refractivity contribution >= 4 is 17.5 Å². The zero-order valence-corrected chi connectivity index (χ0v) is 12.6. The molecule has 6 nitrogen and oxygen atoms in total. The Morgan fingerprint density at radius 3 is 2.78 bits per heavy atom. The molecule has 1 aliphatic heterocycles. The number of hydrogen-bond acceptors (Lipinski definition) is 4. The van der Waals surface area contributed by atoms with Crippen LogP contribution in [0.15, 0.2) is 47.3 Å². The molecular formula is C17H18N2O4. The van der Waals surface area contributed by atoms with Gasteiger partial charge in [0.1, 0.15) is 6.26 Å². The third-order valence-electron chi connectivity index (χ3n) is 3.72. The molecule has 1 atom stereocenters. The number of anilines is 1. The molecule has 1 saturated heterocycles. The van der Waals surface area contributed by atoms with Gasteiger partial charge in [0.05, 0.1) is 29.2 Å². The van der Waals surface area contributed by atoms with Gasteiger partial charge in [-0.1, -0.05) is 12.1 Å². The predicted molar refractivity (Wildman–Crippen MR) is 84.4 cm³/mol. The zero-order chi connectivity index (χ0) is 16.1. The second-order valence-electron chi connectivity index (χ2n) is 5.36. The van der Waals surface area contributed by atoms with Crippen molar-refractivity contribution in [3.05, 3.63) is 54.0 Å². The van der Waals surface area contributed by atoms with Gasteiger partial charge in [0.2, 0.25) is 0 Å². The first-order chi connectivity index (χ1) is 11.2. The summed E-state index contributed by atoms with van der Waals surface area (Å²) in [6, 6.07) is 8.46. The lowest BCUT2D eigenvalue weighted by Gasteiger charge is -2.13. The highest BCUT2D eigenvalue weighted by molar-refractivity contribution is 6.08. The number of hydrogen-bond donors (Lipinski definition) is 2. The van der Waals surface area contributed by atoms with Crippen molar-refractivity contribution in [1.82, 2.24) is 5.32 Å². The Hall–Kier alpha value is -2.60. The molecule has 1 aliphatic rings. The average molecular weight is 314 g/mol. The summed E-state index contributed by atoms with van der Waals surface area (Å²) in [6.45, 7) is 1.22. The Kier molecular flexibility index (Phi) is 4.73. The fourth-order valence-electron chi connectivity index (χ4n) is 2.49. The van der Waals surface area contributed by atoms with Gasteiger partial charge in [-0.3, -0.25) is 9.59 Å². The normalized spacial score (nSPS) is 17.0. The van der Waals surface area contributed by atoms with Crippen LogP contribution in [0.3, 0.4) is 0 Å². The topological polar surface area (TPSA) is 80.6 Å². The van der Waals surface area contributed by atoms with Crippen molar-refractivity contribution in [3.8, 4) is 0 Å². The number of furan rings is 1. The molecule has 1 aromatic carbocycles. The van der Waals surface area contributed by atoms with Crippen LogP contribution in [0.4, 0.5) is 5.69 Å². The summed E-state index contributed by atoms with van der Waals surface area (Å²) in [5.74, 6) is -0.554. The maximum Gasteiger partial charge on any atom is 0.258 e. The van der Waals surface area contributed by atoms with Gasteiger partial charge >= 0.3 is 0 Å². The van der Waals surface area contributed by atoms with E-state index in [4.69, 9.17) is 9.15 Å². The van der Waals surface area contributed by atoms with Crippen LogP contribution in [0.1, 0.15) is 33.6 Å². The Morgan fingerprint density at radius 2 is 2.04 bits per heavy atom. The highest BCUT2D eigenvalue weighted by atomic mass is 16.5. The maximum atomic E-state index is 12.4. The van der Waals surface area contributed by atoms with Gasteiger partial charge in [0.15, 0.2) is 0 Å². The van der Waals surface area contributed by atoms with Crippen LogP contribution in [-0.2, 0) is 4.74 Å². The van der Waals surface area contributed by atoms with Crippen LogP contribution in [0.5, 0.6) is 0 Å². The minimum atomic E-state index is -0.321. The molecule has 1 aromatic heterocycles. The Balaban J connectivity index is 1.67. The van der Waals surface area contributed by atoms with E-state index >= 15 is 0 Å². The number of para-hydroxylation sites is 1. The van der Waals surface area contributed by atoms with E-state index in [1.54, 1.807) is 30.3 Å². The number of carbonyl (C=O) groups excluding carboxylic acids is 2. The first-order valence-electron chi connectivity index (χ1n) is 7.56. The number of amides is 2. The van der Waals surface area contributed by atoms with Crippen LogP contribution in [-0.4, -0.2) is 31.1 Å². The standard InChI is InChI=1S/C17H18N2O4/c20-16(12-7-9-22-11-12)19-15-6-2-1-5-14(15)17(21)18-10-13-4-3-8-23-13/h1-2,5-7,9,11,13H,3-4,8,10H2,(H,18,21)(H,19,20). The van der Waals surface area contributed by atoms with Crippen LogP contribution in [0.2, 0.25) is 0 Å². The van der Waals surface area contributed by atoms with Gasteiger partial charge in [0.25, 0.3) is 11.8 Å². The van der Waals surface area contributed by atoms with Gasteiger partial charge < -0.3 is 19.8 Å². The second kappa shape index (κ2) is 7.11. The minimum absolute atomic E-state index is 0.0756. The van der Waals surface area contributed by atoms with Crippen LogP contribution >= 0.6 is 0 Å². The van der Waals surface area contributed by atoms with Crippen molar-refractivity contribution in [2.45, 2.75) is 18.9 Å². The van der Waals surface area contributed by atoms with Crippen molar-refractivity contribution in [2.24, 2.45) is 0 Å². The lowest BCUT2D eigenvalue weighted by Crippen LogP contribution is -2.32. The van der Waals surface area contributed by atoms with Crippen molar-refractivity contribution in [2.75, 3.05) is 18.5 Å². The molecule has 2 amide bonds. The van der Waals surface area contributed by atoms with Gasteiger partial charge in [-0.2, -0.15) is 0 Å². The summed E-state index contributed by atoms with van der Waals surface area (Å²) in [4.78, 5) is 24.4. The van der Waals surface area contributed by atoms with Crippen molar-refractivity contribution in [1.29, 1.82) is 0 Å². The van der Waals surface area contributed by atoms with Crippen molar-refractivity contribution < 1.29 is 18.7 Å². The highest BCUT2D eigenvalue weighted by Crippen LogP contribution is 2.17. The van der Waals surface area contributed by atoms with Crippen LogP contribution < -0.4 is 10.6 Å². The minimum Gasteiger partial charge on any atom is -0.472 e. The van der Waals surface area contributed by atoms with Gasteiger partial charge in [-0.15, -0.1) is 0 Å². The summed E-state index contributed by atoms with van der Waals surface area (Å²) >= 11 is 0. The van der Waals surface area contributed by atoms with E-state index in [2.05, 4.69) is 10.6 Å². The van der Waals surface area contributed by atoms with Gasteiger partial charge in [-0.05, 0) is 31.0 Å². The molecule has 0 bridgehead atoms.